The van der Waals surface area contributed by atoms with Gasteiger partial charge in [0, 0.05) is 32.1 Å². The Labute approximate surface area is 117 Å². The van der Waals surface area contributed by atoms with Crippen LogP contribution in [0.4, 0.5) is 4.39 Å². The maximum atomic E-state index is 13.2. The highest BCUT2D eigenvalue weighted by Crippen LogP contribution is 2.26. The topological polar surface area (TPSA) is 57.7 Å². The fraction of sp³-hybridized carbons (Fsp3) is 0.462. The van der Waals surface area contributed by atoms with Gasteiger partial charge >= 0.3 is 0 Å². The van der Waals surface area contributed by atoms with Crippen LogP contribution in [0, 0.1) is 5.82 Å². The van der Waals surface area contributed by atoms with Crippen molar-refractivity contribution in [3.05, 3.63) is 30.1 Å². The van der Waals surface area contributed by atoms with Crippen molar-refractivity contribution in [2.45, 2.75) is 23.8 Å². The second-order valence-electron chi connectivity index (χ2n) is 5.10. The minimum Gasteiger partial charge on any atom is -0.337 e. The van der Waals surface area contributed by atoms with E-state index in [0.29, 0.717) is 25.9 Å². The maximum absolute atomic E-state index is 13.2. The summed E-state index contributed by atoms with van der Waals surface area (Å²) in [5.41, 5.74) is 0. The largest absolute Gasteiger partial charge is 0.337 e. The number of amides is 1. The number of fused-ring (bicyclic) bond motifs is 1. The SMILES string of the molecule is O=C1CC[C@@H]2CN(S(=O)(=O)c3cccc(F)c3)CCN12. The van der Waals surface area contributed by atoms with E-state index in [0.717, 1.165) is 6.07 Å². The highest BCUT2D eigenvalue weighted by atomic mass is 32.2. The molecule has 0 spiro atoms. The Hall–Kier alpha value is -1.47. The number of halogens is 1. The highest BCUT2D eigenvalue weighted by Gasteiger charge is 2.39. The van der Waals surface area contributed by atoms with Gasteiger partial charge in [-0.05, 0) is 24.6 Å². The van der Waals surface area contributed by atoms with Gasteiger partial charge in [0.25, 0.3) is 0 Å². The molecular formula is C13H15FN2O3S. The van der Waals surface area contributed by atoms with E-state index in [2.05, 4.69) is 0 Å². The van der Waals surface area contributed by atoms with E-state index in [9.17, 15) is 17.6 Å². The van der Waals surface area contributed by atoms with E-state index in [4.69, 9.17) is 0 Å². The zero-order valence-electron chi connectivity index (χ0n) is 10.8. The molecule has 20 heavy (non-hydrogen) atoms. The maximum Gasteiger partial charge on any atom is 0.243 e. The normalized spacial score (nSPS) is 23.9. The Kier molecular flexibility index (Phi) is 3.25. The van der Waals surface area contributed by atoms with Crippen LogP contribution in [0.5, 0.6) is 0 Å². The van der Waals surface area contributed by atoms with Crippen LogP contribution in [0.2, 0.25) is 0 Å². The standard InChI is InChI=1S/C13H15FN2O3S/c14-10-2-1-3-12(8-10)20(18,19)15-6-7-16-11(9-15)4-5-13(16)17/h1-3,8,11H,4-7,9H2/t11-/m1/s1. The third-order valence-electron chi connectivity index (χ3n) is 3.89. The van der Waals surface area contributed by atoms with Crippen molar-refractivity contribution < 1.29 is 17.6 Å². The molecule has 2 heterocycles. The number of nitrogens with zero attached hydrogens (tertiary/aromatic N) is 2. The van der Waals surface area contributed by atoms with Crippen molar-refractivity contribution in [3.63, 3.8) is 0 Å². The summed E-state index contributed by atoms with van der Waals surface area (Å²) in [7, 11) is -3.69. The monoisotopic (exact) mass is 298 g/mol. The van der Waals surface area contributed by atoms with Crippen LogP contribution >= 0.6 is 0 Å². The van der Waals surface area contributed by atoms with E-state index >= 15 is 0 Å². The molecule has 2 aliphatic rings. The van der Waals surface area contributed by atoms with E-state index in [1.54, 1.807) is 4.90 Å². The average molecular weight is 298 g/mol. The van der Waals surface area contributed by atoms with Gasteiger partial charge in [0.15, 0.2) is 0 Å². The molecule has 1 atom stereocenters. The molecular weight excluding hydrogens is 283 g/mol. The lowest BCUT2D eigenvalue weighted by Gasteiger charge is -2.36. The van der Waals surface area contributed by atoms with Crippen LogP contribution in [0.1, 0.15) is 12.8 Å². The van der Waals surface area contributed by atoms with Crippen LogP contribution < -0.4 is 0 Å². The predicted molar refractivity (Wildman–Crippen MR) is 69.9 cm³/mol. The second kappa shape index (κ2) is 4.82. The molecule has 0 saturated carbocycles. The summed E-state index contributed by atoms with van der Waals surface area (Å²) in [5.74, 6) is -0.474. The lowest BCUT2D eigenvalue weighted by Crippen LogP contribution is -2.53. The number of piperazine rings is 1. The Morgan fingerprint density at radius 3 is 2.80 bits per heavy atom. The number of hydrogen-bond donors (Lipinski definition) is 0. The molecule has 7 heteroatoms. The quantitative estimate of drug-likeness (QED) is 0.812. The molecule has 0 radical (unpaired) electrons. The molecule has 0 N–H and O–H groups in total. The van der Waals surface area contributed by atoms with Crippen LogP contribution in [0.15, 0.2) is 29.2 Å². The van der Waals surface area contributed by atoms with Crippen LogP contribution in [-0.4, -0.2) is 49.2 Å². The first-order valence-corrected chi connectivity index (χ1v) is 7.98. The molecule has 5 nitrogen and oxygen atoms in total. The van der Waals surface area contributed by atoms with Crippen LogP contribution in [0.25, 0.3) is 0 Å². The number of rotatable bonds is 2. The van der Waals surface area contributed by atoms with Crippen molar-refractivity contribution >= 4 is 15.9 Å². The van der Waals surface area contributed by atoms with Crippen molar-refractivity contribution in [1.29, 1.82) is 0 Å². The number of carbonyl (C=O) groups is 1. The minimum absolute atomic E-state index is 0.0322. The van der Waals surface area contributed by atoms with Gasteiger partial charge in [-0.2, -0.15) is 4.31 Å². The van der Waals surface area contributed by atoms with Crippen molar-refractivity contribution in [3.8, 4) is 0 Å². The first kappa shape index (κ1) is 13.5. The third-order valence-corrected chi connectivity index (χ3v) is 5.75. The van der Waals surface area contributed by atoms with Crippen molar-refractivity contribution in [2.24, 2.45) is 0 Å². The Morgan fingerprint density at radius 1 is 1.25 bits per heavy atom. The fourth-order valence-electron chi connectivity index (χ4n) is 2.83. The fourth-order valence-corrected chi connectivity index (χ4v) is 4.33. The van der Waals surface area contributed by atoms with Crippen LogP contribution in [0.3, 0.4) is 0 Å². The molecule has 0 bridgehead atoms. The van der Waals surface area contributed by atoms with Gasteiger partial charge in [-0.1, -0.05) is 6.07 Å². The van der Waals surface area contributed by atoms with E-state index < -0.39 is 15.8 Å². The van der Waals surface area contributed by atoms with E-state index in [-0.39, 0.29) is 23.4 Å². The summed E-state index contributed by atoms with van der Waals surface area (Å²) in [6, 6.07) is 4.98. The Morgan fingerprint density at radius 2 is 2.05 bits per heavy atom. The summed E-state index contributed by atoms with van der Waals surface area (Å²) in [4.78, 5) is 13.3. The van der Waals surface area contributed by atoms with Crippen molar-refractivity contribution in [1.82, 2.24) is 9.21 Å². The van der Waals surface area contributed by atoms with Gasteiger partial charge in [-0.25, -0.2) is 12.8 Å². The summed E-state index contributed by atoms with van der Waals surface area (Å²) in [6.07, 6.45) is 1.17. The zero-order chi connectivity index (χ0) is 14.3. The summed E-state index contributed by atoms with van der Waals surface area (Å²) in [6.45, 7) is 0.976. The molecule has 0 unspecified atom stereocenters. The molecule has 108 valence electrons. The smallest absolute Gasteiger partial charge is 0.243 e. The first-order valence-electron chi connectivity index (χ1n) is 6.54. The molecule has 2 aliphatic heterocycles. The molecule has 1 aromatic rings. The first-order chi connectivity index (χ1) is 9.48. The summed E-state index contributed by atoms with van der Waals surface area (Å²) >= 11 is 0. The zero-order valence-corrected chi connectivity index (χ0v) is 11.6. The van der Waals surface area contributed by atoms with Crippen LogP contribution in [-0.2, 0) is 14.8 Å². The van der Waals surface area contributed by atoms with Gasteiger partial charge in [0.05, 0.1) is 4.90 Å². The van der Waals surface area contributed by atoms with E-state index in [1.807, 2.05) is 0 Å². The summed E-state index contributed by atoms with van der Waals surface area (Å²) in [5, 5.41) is 0. The highest BCUT2D eigenvalue weighted by molar-refractivity contribution is 7.89. The number of carbonyl (C=O) groups excluding carboxylic acids is 1. The van der Waals surface area contributed by atoms with Gasteiger partial charge in [-0.3, -0.25) is 4.79 Å². The number of hydrogen-bond acceptors (Lipinski definition) is 3. The van der Waals surface area contributed by atoms with Gasteiger partial charge < -0.3 is 4.90 Å². The number of sulfonamides is 1. The third kappa shape index (κ3) is 2.20. The van der Waals surface area contributed by atoms with Gasteiger partial charge in [0.1, 0.15) is 5.82 Å². The predicted octanol–water partition coefficient (Wildman–Crippen LogP) is 0.821. The average Bonchev–Trinajstić information content (AvgIpc) is 2.80. The molecule has 2 fully saturated rings. The number of benzene rings is 1. The molecule has 0 aliphatic carbocycles. The van der Waals surface area contributed by atoms with Crippen molar-refractivity contribution in [2.75, 3.05) is 19.6 Å². The molecule has 0 aromatic heterocycles. The van der Waals surface area contributed by atoms with Gasteiger partial charge in [-0.15, -0.1) is 0 Å². The molecule has 2 saturated heterocycles. The lowest BCUT2D eigenvalue weighted by atomic mass is 10.2. The Balaban J connectivity index is 1.84. The Bertz CT molecular complexity index is 647. The molecule has 1 amide bonds. The van der Waals surface area contributed by atoms with Gasteiger partial charge in [0.2, 0.25) is 15.9 Å². The summed E-state index contributed by atoms with van der Waals surface area (Å²) < 4.78 is 39.5. The lowest BCUT2D eigenvalue weighted by molar-refractivity contribution is -0.130. The van der Waals surface area contributed by atoms with E-state index in [1.165, 1.54) is 22.5 Å². The second-order valence-corrected chi connectivity index (χ2v) is 7.04. The minimum atomic E-state index is -3.69. The molecule has 3 rings (SSSR count). The molecule has 1 aromatic carbocycles.